The molecule has 0 bridgehead atoms. The SMILES string of the molecule is O=C(CSc1nnc(-c2c[nH]c3ccccc23)n1CC1CCCO1)NC1CCCc2ccccc21. The Morgan fingerprint density at radius 1 is 1.11 bits per heavy atom. The Morgan fingerprint density at radius 2 is 2.00 bits per heavy atom. The second-order valence-electron chi connectivity index (χ2n) is 9.30. The normalized spacial score (nSPS) is 19.7. The minimum atomic E-state index is 0.0250. The maximum Gasteiger partial charge on any atom is 0.230 e. The van der Waals surface area contributed by atoms with Gasteiger partial charge in [0.15, 0.2) is 11.0 Å². The summed E-state index contributed by atoms with van der Waals surface area (Å²) in [4.78, 5) is 16.3. The Kier molecular flexibility index (Phi) is 6.31. The number of nitrogens with one attached hydrogen (secondary N) is 2. The summed E-state index contributed by atoms with van der Waals surface area (Å²) < 4.78 is 8.05. The van der Waals surface area contributed by atoms with Gasteiger partial charge < -0.3 is 15.0 Å². The molecule has 7 nitrogen and oxygen atoms in total. The van der Waals surface area contributed by atoms with Gasteiger partial charge in [-0.25, -0.2) is 0 Å². The van der Waals surface area contributed by atoms with Crippen LogP contribution in [-0.4, -0.2) is 44.1 Å². The van der Waals surface area contributed by atoms with Gasteiger partial charge in [-0.05, 0) is 49.3 Å². The second-order valence-corrected chi connectivity index (χ2v) is 10.2. The number of hydrogen-bond acceptors (Lipinski definition) is 5. The van der Waals surface area contributed by atoms with Crippen molar-refractivity contribution < 1.29 is 9.53 Å². The highest BCUT2D eigenvalue weighted by Crippen LogP contribution is 2.32. The number of carbonyl (C=O) groups is 1. The molecule has 8 heteroatoms. The largest absolute Gasteiger partial charge is 0.376 e. The van der Waals surface area contributed by atoms with Gasteiger partial charge in [-0.15, -0.1) is 10.2 Å². The van der Waals surface area contributed by atoms with Gasteiger partial charge in [-0.3, -0.25) is 9.36 Å². The molecule has 2 aromatic carbocycles. The number of hydrogen-bond donors (Lipinski definition) is 2. The summed E-state index contributed by atoms with van der Waals surface area (Å²) in [6.45, 7) is 1.48. The number of thioether (sulfide) groups is 1. The lowest BCUT2D eigenvalue weighted by molar-refractivity contribution is -0.119. The molecule has 2 unspecified atom stereocenters. The zero-order chi connectivity index (χ0) is 23.6. The average molecular weight is 488 g/mol. The molecule has 4 aromatic rings. The number of amides is 1. The number of H-pyrrole nitrogens is 1. The third-order valence-electron chi connectivity index (χ3n) is 6.99. The lowest BCUT2D eigenvalue weighted by Crippen LogP contribution is -2.32. The summed E-state index contributed by atoms with van der Waals surface area (Å²) in [6.07, 6.45) is 7.39. The Balaban J connectivity index is 1.21. The standard InChI is InChI=1S/C27H29N5O2S/c33-25(29-24-13-5-8-18-7-1-2-10-20(18)24)17-35-27-31-30-26(32(27)16-19-9-6-14-34-19)22-15-28-23-12-4-3-11-21(22)23/h1-4,7,10-12,15,19,24,28H,5-6,8-9,13-14,16-17H2,(H,29,33). The van der Waals surface area contributed by atoms with Crippen LogP contribution in [0.15, 0.2) is 59.9 Å². The van der Waals surface area contributed by atoms with E-state index in [1.165, 1.54) is 22.9 Å². The van der Waals surface area contributed by atoms with E-state index >= 15 is 0 Å². The van der Waals surface area contributed by atoms with Gasteiger partial charge in [0.2, 0.25) is 5.91 Å². The summed E-state index contributed by atoms with van der Waals surface area (Å²) in [5.74, 6) is 1.13. The molecule has 1 aliphatic carbocycles. The lowest BCUT2D eigenvalue weighted by Gasteiger charge is -2.26. The van der Waals surface area contributed by atoms with Gasteiger partial charge >= 0.3 is 0 Å². The number of aryl methyl sites for hydroxylation is 1. The molecule has 2 N–H and O–H groups in total. The molecule has 0 saturated carbocycles. The summed E-state index contributed by atoms with van der Waals surface area (Å²) in [7, 11) is 0. The second kappa shape index (κ2) is 9.87. The van der Waals surface area contributed by atoms with Gasteiger partial charge in [0.25, 0.3) is 0 Å². The molecule has 2 aliphatic rings. The Bertz CT molecular complexity index is 1340. The van der Waals surface area contributed by atoms with Crippen molar-refractivity contribution in [1.29, 1.82) is 0 Å². The van der Waals surface area contributed by atoms with Gasteiger partial charge in [0.1, 0.15) is 0 Å². The van der Waals surface area contributed by atoms with Crippen LogP contribution in [0.5, 0.6) is 0 Å². The molecule has 6 rings (SSSR count). The van der Waals surface area contributed by atoms with Gasteiger partial charge in [-0.1, -0.05) is 54.2 Å². The van der Waals surface area contributed by atoms with Crippen LogP contribution in [0.2, 0.25) is 0 Å². The van der Waals surface area contributed by atoms with Crippen LogP contribution in [0.4, 0.5) is 0 Å². The van der Waals surface area contributed by atoms with E-state index in [2.05, 4.69) is 61.5 Å². The van der Waals surface area contributed by atoms with E-state index in [0.717, 1.165) is 66.2 Å². The summed E-state index contributed by atoms with van der Waals surface area (Å²) in [6, 6.07) is 16.7. The third kappa shape index (κ3) is 4.60. The number of rotatable bonds is 7. The van der Waals surface area contributed by atoms with Crippen molar-refractivity contribution in [2.24, 2.45) is 0 Å². The fraction of sp³-hybridized carbons (Fsp3) is 0.370. The van der Waals surface area contributed by atoms with Crippen molar-refractivity contribution >= 4 is 28.6 Å². The first-order chi connectivity index (χ1) is 17.3. The molecule has 1 saturated heterocycles. The predicted octanol–water partition coefficient (Wildman–Crippen LogP) is 4.89. The quantitative estimate of drug-likeness (QED) is 0.363. The van der Waals surface area contributed by atoms with Crippen LogP contribution in [0.1, 0.15) is 42.9 Å². The Morgan fingerprint density at radius 3 is 2.91 bits per heavy atom. The number of nitrogens with zero attached hydrogens (tertiary/aromatic N) is 3. The highest BCUT2D eigenvalue weighted by atomic mass is 32.2. The smallest absolute Gasteiger partial charge is 0.230 e. The number of ether oxygens (including phenoxy) is 1. The van der Waals surface area contributed by atoms with Gasteiger partial charge in [0, 0.05) is 29.3 Å². The lowest BCUT2D eigenvalue weighted by atomic mass is 9.88. The minimum absolute atomic E-state index is 0.0250. The van der Waals surface area contributed by atoms with E-state index in [4.69, 9.17) is 4.74 Å². The van der Waals surface area contributed by atoms with Crippen molar-refractivity contribution in [3.8, 4) is 11.4 Å². The Hall–Kier alpha value is -3.10. The fourth-order valence-corrected chi connectivity index (χ4v) is 6.04. The van der Waals surface area contributed by atoms with Crippen molar-refractivity contribution in [2.75, 3.05) is 12.4 Å². The van der Waals surface area contributed by atoms with Crippen LogP contribution in [0.25, 0.3) is 22.3 Å². The first-order valence-corrected chi connectivity index (χ1v) is 13.4. The summed E-state index contributed by atoms with van der Waals surface area (Å²) in [5, 5.41) is 14.2. The molecular formula is C27H29N5O2S. The maximum atomic E-state index is 12.9. The zero-order valence-electron chi connectivity index (χ0n) is 19.6. The van der Waals surface area contributed by atoms with Crippen molar-refractivity contribution in [1.82, 2.24) is 25.1 Å². The topological polar surface area (TPSA) is 84.8 Å². The molecule has 180 valence electrons. The molecule has 1 fully saturated rings. The van der Waals surface area contributed by atoms with Crippen molar-refractivity contribution in [3.05, 3.63) is 65.9 Å². The van der Waals surface area contributed by atoms with Crippen LogP contribution in [0, 0.1) is 0 Å². The summed E-state index contributed by atoms with van der Waals surface area (Å²) >= 11 is 1.44. The third-order valence-corrected chi connectivity index (χ3v) is 7.96. The van der Waals surface area contributed by atoms with E-state index in [-0.39, 0.29) is 18.1 Å². The minimum Gasteiger partial charge on any atom is -0.376 e. The Labute approximate surface area is 208 Å². The number of aromatic nitrogens is 4. The molecule has 2 atom stereocenters. The van der Waals surface area contributed by atoms with Crippen LogP contribution in [0.3, 0.4) is 0 Å². The highest BCUT2D eigenvalue weighted by Gasteiger charge is 2.25. The van der Waals surface area contributed by atoms with Crippen LogP contribution in [-0.2, 0) is 22.5 Å². The highest BCUT2D eigenvalue weighted by molar-refractivity contribution is 7.99. The van der Waals surface area contributed by atoms with E-state index in [9.17, 15) is 4.79 Å². The molecule has 0 radical (unpaired) electrons. The molecular weight excluding hydrogens is 458 g/mol. The molecule has 1 amide bonds. The zero-order valence-corrected chi connectivity index (χ0v) is 20.4. The van der Waals surface area contributed by atoms with Gasteiger partial charge in [-0.2, -0.15) is 0 Å². The first kappa shape index (κ1) is 22.4. The van der Waals surface area contributed by atoms with E-state index in [1.807, 2.05) is 18.3 Å². The fourth-order valence-electron chi connectivity index (χ4n) is 5.28. The molecule has 0 spiro atoms. The van der Waals surface area contributed by atoms with Gasteiger partial charge in [0.05, 0.1) is 24.4 Å². The average Bonchev–Trinajstić information content (AvgIpc) is 3.64. The molecule has 3 heterocycles. The van der Waals surface area contributed by atoms with E-state index in [1.54, 1.807) is 0 Å². The van der Waals surface area contributed by atoms with Crippen molar-refractivity contribution in [2.45, 2.75) is 56.0 Å². The monoisotopic (exact) mass is 487 g/mol. The van der Waals surface area contributed by atoms with E-state index < -0.39 is 0 Å². The number of aromatic amines is 1. The van der Waals surface area contributed by atoms with Crippen LogP contribution < -0.4 is 5.32 Å². The number of fused-ring (bicyclic) bond motifs is 2. The number of carbonyl (C=O) groups excluding carboxylic acids is 1. The first-order valence-electron chi connectivity index (χ1n) is 12.4. The number of benzene rings is 2. The predicted molar refractivity (Wildman–Crippen MR) is 137 cm³/mol. The number of para-hydroxylation sites is 1. The molecule has 2 aromatic heterocycles. The molecule has 1 aliphatic heterocycles. The maximum absolute atomic E-state index is 12.9. The van der Waals surface area contributed by atoms with Crippen molar-refractivity contribution in [3.63, 3.8) is 0 Å². The summed E-state index contributed by atoms with van der Waals surface area (Å²) in [5.41, 5.74) is 4.67. The molecule has 35 heavy (non-hydrogen) atoms. The van der Waals surface area contributed by atoms with E-state index in [0.29, 0.717) is 12.3 Å². The van der Waals surface area contributed by atoms with Crippen LogP contribution >= 0.6 is 11.8 Å².